The monoisotopic (exact) mass is 354 g/mol. The number of ether oxygens (including phenoxy) is 1. The van der Waals surface area contributed by atoms with Crippen molar-refractivity contribution in [3.05, 3.63) is 65.4 Å². The molecule has 0 N–H and O–H groups in total. The van der Waals surface area contributed by atoms with Crippen LogP contribution in [0, 0.1) is 5.82 Å². The second-order valence-electron chi connectivity index (χ2n) is 5.50. The molecule has 2 aromatic carbocycles. The average molecular weight is 354 g/mol. The van der Waals surface area contributed by atoms with Crippen LogP contribution in [0.2, 0.25) is 0 Å². The number of para-hydroxylation sites is 1. The molecule has 0 bridgehead atoms. The third-order valence-electron chi connectivity index (χ3n) is 3.76. The highest BCUT2D eigenvalue weighted by Gasteiger charge is 2.20. The molecule has 0 aliphatic heterocycles. The lowest BCUT2D eigenvalue weighted by Crippen LogP contribution is -2.07. The van der Waals surface area contributed by atoms with E-state index in [0.717, 1.165) is 17.2 Å². The fraction of sp³-hybridized carbons (Fsp3) is 0.167. The molecule has 0 fully saturated rings. The summed E-state index contributed by atoms with van der Waals surface area (Å²) in [4.78, 5) is 0.657. The number of aromatic nitrogens is 4. The van der Waals surface area contributed by atoms with Gasteiger partial charge in [-0.3, -0.25) is 0 Å². The lowest BCUT2D eigenvalue weighted by molar-refractivity contribution is 0.199. The largest absolute Gasteiger partial charge is 0.483 e. The van der Waals surface area contributed by atoms with Crippen LogP contribution in [0.25, 0.3) is 16.3 Å². The Bertz CT molecular complexity index is 999. The van der Waals surface area contributed by atoms with Crippen molar-refractivity contribution in [3.8, 4) is 17.1 Å². The summed E-state index contributed by atoms with van der Waals surface area (Å²) in [5.41, 5.74) is 0.640. The van der Waals surface area contributed by atoms with Crippen LogP contribution in [-0.2, 0) is 0 Å². The van der Waals surface area contributed by atoms with E-state index in [1.54, 1.807) is 16.6 Å². The van der Waals surface area contributed by atoms with E-state index in [4.69, 9.17) is 4.74 Å². The van der Waals surface area contributed by atoms with Gasteiger partial charge in [-0.1, -0.05) is 48.6 Å². The Hall–Kier alpha value is -2.80. The first-order chi connectivity index (χ1) is 12.2. The summed E-state index contributed by atoms with van der Waals surface area (Å²) in [6, 6.07) is 15.9. The van der Waals surface area contributed by atoms with Crippen molar-refractivity contribution in [2.45, 2.75) is 19.4 Å². The maximum Gasteiger partial charge on any atom is 0.235 e. The molecule has 0 aliphatic rings. The Morgan fingerprint density at radius 3 is 2.72 bits per heavy atom. The topological polar surface area (TPSA) is 52.3 Å². The van der Waals surface area contributed by atoms with E-state index in [9.17, 15) is 4.39 Å². The van der Waals surface area contributed by atoms with Crippen LogP contribution in [0.5, 0.6) is 5.75 Å². The highest BCUT2D eigenvalue weighted by atomic mass is 32.1. The minimum absolute atomic E-state index is 0.172. The van der Waals surface area contributed by atoms with E-state index in [2.05, 4.69) is 15.3 Å². The first-order valence-corrected chi connectivity index (χ1v) is 8.76. The van der Waals surface area contributed by atoms with Gasteiger partial charge >= 0.3 is 0 Å². The molecule has 0 radical (unpaired) electrons. The van der Waals surface area contributed by atoms with Gasteiger partial charge in [0, 0.05) is 5.56 Å². The van der Waals surface area contributed by atoms with E-state index in [1.807, 2.05) is 37.3 Å². The summed E-state index contributed by atoms with van der Waals surface area (Å²) < 4.78 is 21.2. The quantitative estimate of drug-likeness (QED) is 0.529. The normalized spacial score (nSPS) is 12.4. The zero-order chi connectivity index (χ0) is 17.2. The summed E-state index contributed by atoms with van der Waals surface area (Å²) >= 11 is 1.43. The molecule has 0 saturated heterocycles. The van der Waals surface area contributed by atoms with Gasteiger partial charge < -0.3 is 4.74 Å². The van der Waals surface area contributed by atoms with Crippen LogP contribution in [0.4, 0.5) is 4.39 Å². The van der Waals surface area contributed by atoms with E-state index < -0.39 is 0 Å². The Balaban J connectivity index is 1.69. The van der Waals surface area contributed by atoms with E-state index in [1.165, 1.54) is 23.5 Å². The predicted octanol–water partition coefficient (Wildman–Crippen LogP) is 4.52. The van der Waals surface area contributed by atoms with Crippen LogP contribution >= 0.6 is 11.3 Å². The summed E-state index contributed by atoms with van der Waals surface area (Å²) in [5.74, 6) is 1.00. The molecule has 0 saturated carbocycles. The first-order valence-electron chi connectivity index (χ1n) is 7.94. The van der Waals surface area contributed by atoms with Gasteiger partial charge in [0.15, 0.2) is 16.9 Å². The molecule has 1 atom stereocenters. The number of nitrogens with zero attached hydrogens (tertiary/aromatic N) is 4. The molecule has 4 rings (SSSR count). The van der Waals surface area contributed by atoms with E-state index in [-0.39, 0.29) is 11.9 Å². The zero-order valence-corrected chi connectivity index (χ0v) is 14.3. The second-order valence-corrected chi connectivity index (χ2v) is 6.48. The average Bonchev–Trinajstić information content (AvgIpc) is 3.21. The van der Waals surface area contributed by atoms with Crippen molar-refractivity contribution in [1.29, 1.82) is 0 Å². The molecule has 0 unspecified atom stereocenters. The van der Waals surface area contributed by atoms with Crippen LogP contribution in [0.3, 0.4) is 0 Å². The van der Waals surface area contributed by atoms with Gasteiger partial charge in [-0.05, 0) is 30.7 Å². The minimum atomic E-state index is -0.316. The number of benzene rings is 2. The Labute approximate surface area is 147 Å². The van der Waals surface area contributed by atoms with Gasteiger partial charge in [0.1, 0.15) is 11.6 Å². The fourth-order valence-electron chi connectivity index (χ4n) is 2.54. The Morgan fingerprint density at radius 1 is 1.12 bits per heavy atom. The van der Waals surface area contributed by atoms with Gasteiger partial charge in [-0.25, -0.2) is 4.39 Å². The SMILES string of the molecule is CC[C@@H](Oc1ccccc1)c1nn2c(-c3cccc(F)c3)nnc2s1. The van der Waals surface area contributed by atoms with Gasteiger partial charge in [0.25, 0.3) is 0 Å². The molecule has 0 spiro atoms. The number of hydrogen-bond acceptors (Lipinski definition) is 5. The molecule has 7 heteroatoms. The number of rotatable bonds is 5. The minimum Gasteiger partial charge on any atom is -0.483 e. The van der Waals surface area contributed by atoms with Crippen LogP contribution in [0.15, 0.2) is 54.6 Å². The Morgan fingerprint density at radius 2 is 1.96 bits per heavy atom. The van der Waals surface area contributed by atoms with Crippen molar-refractivity contribution in [2.24, 2.45) is 0 Å². The first kappa shape index (κ1) is 15.7. The molecule has 2 heterocycles. The van der Waals surface area contributed by atoms with Crippen molar-refractivity contribution in [2.75, 3.05) is 0 Å². The van der Waals surface area contributed by atoms with Gasteiger partial charge in [-0.2, -0.15) is 9.61 Å². The number of fused-ring (bicyclic) bond motifs is 1. The highest BCUT2D eigenvalue weighted by molar-refractivity contribution is 7.16. The molecule has 126 valence electrons. The van der Waals surface area contributed by atoms with E-state index in [0.29, 0.717) is 16.3 Å². The maximum absolute atomic E-state index is 13.5. The lowest BCUT2D eigenvalue weighted by Gasteiger charge is -2.14. The van der Waals surface area contributed by atoms with Crippen molar-refractivity contribution in [1.82, 2.24) is 19.8 Å². The molecule has 5 nitrogen and oxygen atoms in total. The maximum atomic E-state index is 13.5. The molecule has 0 aliphatic carbocycles. The number of hydrogen-bond donors (Lipinski definition) is 0. The van der Waals surface area contributed by atoms with Gasteiger partial charge in [0.05, 0.1) is 0 Å². The third-order valence-corrected chi connectivity index (χ3v) is 4.75. The summed E-state index contributed by atoms with van der Waals surface area (Å²) in [6.07, 6.45) is 0.600. The van der Waals surface area contributed by atoms with Gasteiger partial charge in [0.2, 0.25) is 4.96 Å². The van der Waals surface area contributed by atoms with Crippen molar-refractivity contribution in [3.63, 3.8) is 0 Å². The molecular formula is C18H15FN4OS. The molecule has 0 amide bonds. The second kappa shape index (κ2) is 6.60. The fourth-order valence-corrected chi connectivity index (χ4v) is 3.49. The highest BCUT2D eigenvalue weighted by Crippen LogP contribution is 2.29. The predicted molar refractivity (Wildman–Crippen MR) is 94.2 cm³/mol. The standard InChI is InChI=1S/C18H15FN4OS/c1-2-15(24-14-9-4-3-5-10-14)17-22-23-16(20-21-18(23)25-17)12-7-6-8-13(19)11-12/h3-11,15H,2H2,1H3/t15-/m1/s1. The zero-order valence-electron chi connectivity index (χ0n) is 13.5. The van der Waals surface area contributed by atoms with E-state index >= 15 is 0 Å². The summed E-state index contributed by atoms with van der Waals surface area (Å²) in [7, 11) is 0. The Kier molecular flexibility index (Phi) is 4.15. The smallest absolute Gasteiger partial charge is 0.235 e. The molecular weight excluding hydrogens is 339 g/mol. The molecule has 25 heavy (non-hydrogen) atoms. The van der Waals surface area contributed by atoms with Crippen LogP contribution in [-0.4, -0.2) is 19.8 Å². The van der Waals surface area contributed by atoms with Crippen LogP contribution < -0.4 is 4.74 Å². The third kappa shape index (κ3) is 3.10. The summed E-state index contributed by atoms with van der Waals surface area (Å²) in [6.45, 7) is 2.05. The number of halogens is 1. The van der Waals surface area contributed by atoms with Gasteiger partial charge in [-0.15, -0.1) is 10.2 Å². The summed E-state index contributed by atoms with van der Waals surface area (Å²) in [5, 5.41) is 13.7. The molecule has 2 aromatic heterocycles. The van der Waals surface area contributed by atoms with Crippen LogP contribution in [0.1, 0.15) is 24.5 Å². The van der Waals surface area contributed by atoms with Crippen molar-refractivity contribution < 1.29 is 9.13 Å². The lowest BCUT2D eigenvalue weighted by atomic mass is 10.2. The van der Waals surface area contributed by atoms with Crippen molar-refractivity contribution >= 4 is 16.3 Å². The molecule has 4 aromatic rings.